The van der Waals surface area contributed by atoms with Crippen LogP contribution in [0.25, 0.3) is 0 Å². The molecule has 0 unspecified atom stereocenters. The van der Waals surface area contributed by atoms with Gasteiger partial charge in [-0.25, -0.2) is 4.79 Å². The minimum Gasteiger partial charge on any atom is -0.469 e. The van der Waals surface area contributed by atoms with E-state index in [0.717, 1.165) is 12.8 Å². The van der Waals surface area contributed by atoms with Crippen LogP contribution in [0, 0.1) is 0 Å². The molecule has 0 amide bonds. The number of carbonyl (C=O) groups is 3. The molecule has 1 N–H and O–H groups in total. The van der Waals surface area contributed by atoms with Gasteiger partial charge < -0.3 is 14.6 Å². The third-order valence-electron chi connectivity index (χ3n) is 5.13. The number of unbranched alkanes of at least 4 members (excludes halogenated alkanes) is 1. The van der Waals surface area contributed by atoms with Crippen LogP contribution in [-0.2, 0) is 23.9 Å². The molecule has 1 aliphatic carbocycles. The van der Waals surface area contributed by atoms with E-state index in [-0.39, 0.29) is 17.6 Å². The van der Waals surface area contributed by atoms with Gasteiger partial charge in [-0.05, 0) is 44.1 Å². The van der Waals surface area contributed by atoms with Crippen molar-refractivity contribution in [2.24, 2.45) is 0 Å². The first-order valence-corrected chi connectivity index (χ1v) is 10.3. The van der Waals surface area contributed by atoms with E-state index in [9.17, 15) is 19.5 Å². The van der Waals surface area contributed by atoms with Crippen LogP contribution in [0.15, 0.2) is 82.9 Å². The summed E-state index contributed by atoms with van der Waals surface area (Å²) in [5, 5.41) is 9.59. The lowest BCUT2D eigenvalue weighted by molar-refractivity contribution is -0.152. The number of esters is 1. The number of fused-ring (bicyclic) bond motifs is 3. The topological polar surface area (TPSA) is 89.9 Å². The van der Waals surface area contributed by atoms with Crippen LogP contribution >= 0.6 is 0 Å². The molecule has 2 atom stereocenters. The van der Waals surface area contributed by atoms with Crippen LogP contribution < -0.4 is 0 Å². The van der Waals surface area contributed by atoms with E-state index >= 15 is 0 Å². The van der Waals surface area contributed by atoms with Crippen molar-refractivity contribution < 1.29 is 29.0 Å². The molecule has 0 aromatic rings. The van der Waals surface area contributed by atoms with Crippen molar-refractivity contribution in [3.05, 3.63) is 82.9 Å². The van der Waals surface area contributed by atoms with Crippen LogP contribution in [0.4, 0.5) is 0 Å². The number of carbonyl (C=O) groups excluding carboxylic acids is 3. The maximum Gasteiger partial charge on any atom is 0.343 e. The van der Waals surface area contributed by atoms with Crippen LogP contribution in [-0.4, -0.2) is 34.3 Å². The first kappa shape index (κ1) is 22.4. The number of aliphatic hydroxyl groups is 1. The number of allylic oxidation sites excluding steroid dienone is 8. The molecule has 6 nitrogen and oxygen atoms in total. The fourth-order valence-corrected chi connectivity index (χ4v) is 3.60. The van der Waals surface area contributed by atoms with Gasteiger partial charge in [-0.3, -0.25) is 9.59 Å². The molecule has 31 heavy (non-hydrogen) atoms. The number of hydrogen-bond acceptors (Lipinski definition) is 6. The highest BCUT2D eigenvalue weighted by atomic mass is 16.6. The molecule has 3 rings (SSSR count). The minimum absolute atomic E-state index is 0.171. The normalized spacial score (nSPS) is 24.1. The van der Waals surface area contributed by atoms with Crippen molar-refractivity contribution in [2.45, 2.75) is 51.7 Å². The Morgan fingerprint density at radius 2 is 1.94 bits per heavy atom. The van der Waals surface area contributed by atoms with Gasteiger partial charge in [0.25, 0.3) is 0 Å². The Bertz CT molecular complexity index is 1010. The van der Waals surface area contributed by atoms with Gasteiger partial charge in [-0.2, -0.15) is 0 Å². The highest BCUT2D eigenvalue weighted by Gasteiger charge is 2.54. The van der Waals surface area contributed by atoms with Crippen molar-refractivity contribution in [1.29, 1.82) is 0 Å². The van der Waals surface area contributed by atoms with Gasteiger partial charge in [0.2, 0.25) is 5.78 Å². The zero-order chi connectivity index (χ0) is 22.6. The largest absolute Gasteiger partial charge is 0.469 e. The smallest absolute Gasteiger partial charge is 0.343 e. The first-order valence-electron chi connectivity index (χ1n) is 10.3. The Hall–Kier alpha value is -3.25. The molecule has 0 saturated carbocycles. The van der Waals surface area contributed by atoms with Gasteiger partial charge in [0.1, 0.15) is 11.3 Å². The van der Waals surface area contributed by atoms with Crippen molar-refractivity contribution >= 4 is 17.5 Å². The number of hydrogen-bond donors (Lipinski definition) is 1. The highest BCUT2D eigenvalue weighted by molar-refractivity contribution is 6.27. The van der Waals surface area contributed by atoms with Crippen molar-refractivity contribution in [3.8, 4) is 0 Å². The fourth-order valence-electron chi connectivity index (χ4n) is 3.60. The van der Waals surface area contributed by atoms with Gasteiger partial charge in [0.05, 0.1) is 12.4 Å². The number of rotatable bonds is 8. The molecule has 0 radical (unpaired) electrons. The van der Waals surface area contributed by atoms with Gasteiger partial charge in [0, 0.05) is 17.6 Å². The predicted octanol–water partition coefficient (Wildman–Crippen LogP) is 3.71. The Morgan fingerprint density at radius 1 is 1.19 bits per heavy atom. The average molecular weight is 422 g/mol. The van der Waals surface area contributed by atoms with Crippen LogP contribution in [0.1, 0.15) is 40.0 Å². The quantitative estimate of drug-likeness (QED) is 0.278. The third-order valence-corrected chi connectivity index (χ3v) is 5.13. The van der Waals surface area contributed by atoms with Crippen LogP contribution in [0.2, 0.25) is 0 Å². The van der Waals surface area contributed by atoms with Crippen molar-refractivity contribution in [2.75, 3.05) is 0 Å². The van der Waals surface area contributed by atoms with Crippen molar-refractivity contribution in [3.63, 3.8) is 0 Å². The standard InChI is InChI=1S/C25H26O6/c1-4-5-6-7-8-9-10-11-20(27)22-23-19-15-30-18(12-16(2)26)13-17(19)14-21(28)25(23,3)31-24(22)29/h6-11,13-16,26H,4-5,12H2,1-3H3/b7-6+,9-8+,11-10+/t16-,25+/m0/s1. The molecule has 162 valence electrons. The Morgan fingerprint density at radius 3 is 2.65 bits per heavy atom. The molecule has 0 fully saturated rings. The summed E-state index contributed by atoms with van der Waals surface area (Å²) in [4.78, 5) is 38.2. The maximum atomic E-state index is 12.8. The zero-order valence-corrected chi connectivity index (χ0v) is 17.9. The minimum atomic E-state index is -1.57. The molecule has 3 aliphatic rings. The summed E-state index contributed by atoms with van der Waals surface area (Å²) < 4.78 is 11.0. The molecule has 0 saturated heterocycles. The van der Waals surface area contributed by atoms with E-state index in [0.29, 0.717) is 16.9 Å². The summed E-state index contributed by atoms with van der Waals surface area (Å²) in [7, 11) is 0. The lowest BCUT2D eigenvalue weighted by Crippen LogP contribution is -2.40. The van der Waals surface area contributed by atoms with Crippen molar-refractivity contribution in [1.82, 2.24) is 0 Å². The molecular formula is C25H26O6. The first-order chi connectivity index (χ1) is 14.8. The van der Waals surface area contributed by atoms with E-state index in [1.807, 2.05) is 12.2 Å². The number of aliphatic hydroxyl groups excluding tert-OH is 1. The van der Waals surface area contributed by atoms with E-state index in [2.05, 4.69) is 6.92 Å². The van der Waals surface area contributed by atoms with Gasteiger partial charge >= 0.3 is 5.97 Å². The summed E-state index contributed by atoms with van der Waals surface area (Å²) in [6.45, 7) is 5.20. The summed E-state index contributed by atoms with van der Waals surface area (Å²) in [5.74, 6) is -1.31. The SMILES string of the molecule is CCC/C=C/C=C/C=C/C(=O)C1=C2C3=COC(C[C@H](C)O)=CC3=CC(=O)[C@@]2(C)OC1=O. The summed E-state index contributed by atoms with van der Waals surface area (Å²) in [5.41, 5.74) is -0.545. The molecule has 2 aliphatic heterocycles. The molecule has 0 spiro atoms. The predicted molar refractivity (Wildman–Crippen MR) is 115 cm³/mol. The lowest BCUT2D eigenvalue weighted by atomic mass is 9.75. The van der Waals surface area contributed by atoms with Crippen LogP contribution in [0.3, 0.4) is 0 Å². The summed E-state index contributed by atoms with van der Waals surface area (Å²) >= 11 is 0. The highest BCUT2D eigenvalue weighted by Crippen LogP contribution is 2.46. The maximum absolute atomic E-state index is 12.8. The summed E-state index contributed by atoms with van der Waals surface area (Å²) in [6, 6.07) is 0. The Balaban J connectivity index is 1.93. The van der Waals surface area contributed by atoms with E-state index in [1.54, 1.807) is 31.2 Å². The van der Waals surface area contributed by atoms with Gasteiger partial charge in [-0.15, -0.1) is 0 Å². The van der Waals surface area contributed by atoms with Gasteiger partial charge in [0.15, 0.2) is 11.4 Å². The monoisotopic (exact) mass is 422 g/mol. The second-order valence-electron chi connectivity index (χ2n) is 7.77. The second-order valence-corrected chi connectivity index (χ2v) is 7.77. The summed E-state index contributed by atoms with van der Waals surface area (Å²) in [6.07, 6.45) is 16.3. The zero-order valence-electron chi connectivity index (χ0n) is 17.9. The van der Waals surface area contributed by atoms with Gasteiger partial charge in [-0.1, -0.05) is 43.7 Å². The second kappa shape index (κ2) is 9.27. The van der Waals surface area contributed by atoms with E-state index < -0.39 is 29.2 Å². The molecular weight excluding hydrogens is 396 g/mol. The van der Waals surface area contributed by atoms with E-state index in [1.165, 1.54) is 25.3 Å². The molecule has 2 heterocycles. The lowest BCUT2D eigenvalue weighted by Gasteiger charge is -2.31. The Labute approximate surface area is 181 Å². The molecule has 0 aromatic heterocycles. The average Bonchev–Trinajstić information content (AvgIpc) is 2.98. The number of ether oxygens (including phenoxy) is 2. The van der Waals surface area contributed by atoms with E-state index in [4.69, 9.17) is 9.47 Å². The fraction of sp³-hybridized carbons (Fsp3) is 0.320. The van der Waals surface area contributed by atoms with Crippen LogP contribution in [0.5, 0.6) is 0 Å². The number of ketones is 2. The molecule has 6 heteroatoms. The molecule has 0 bridgehead atoms. The third kappa shape index (κ3) is 4.59. The Kier molecular flexibility index (Phi) is 6.71. The molecule has 0 aromatic carbocycles.